The number of amides is 1. The second-order valence-electron chi connectivity index (χ2n) is 5.48. The number of benzene rings is 1. The summed E-state index contributed by atoms with van der Waals surface area (Å²) in [4.78, 5) is 24.2. The third kappa shape index (κ3) is 3.85. The van der Waals surface area contributed by atoms with Gasteiger partial charge in [-0.05, 0) is 35.2 Å². The van der Waals surface area contributed by atoms with Crippen LogP contribution >= 0.6 is 11.3 Å². The van der Waals surface area contributed by atoms with Crippen LogP contribution in [0, 0.1) is 5.92 Å². The van der Waals surface area contributed by atoms with Crippen LogP contribution in [0.5, 0.6) is 0 Å². The van der Waals surface area contributed by atoms with Crippen LogP contribution in [0.3, 0.4) is 0 Å². The van der Waals surface area contributed by atoms with Gasteiger partial charge in [-0.25, -0.2) is 4.79 Å². The van der Waals surface area contributed by atoms with E-state index in [1.807, 2.05) is 43.5 Å². The molecule has 22 heavy (non-hydrogen) atoms. The number of carbonyl (C=O) groups excluding carboxylic acids is 2. The highest BCUT2D eigenvalue weighted by Crippen LogP contribution is 2.25. The summed E-state index contributed by atoms with van der Waals surface area (Å²) in [6, 6.07) is 7.40. The monoisotopic (exact) mass is 319 g/mol. The second-order valence-corrected chi connectivity index (χ2v) is 6.39. The lowest BCUT2D eigenvalue weighted by molar-refractivity contribution is -0.148. The lowest BCUT2D eigenvalue weighted by Gasteiger charge is -2.20. The van der Waals surface area contributed by atoms with Gasteiger partial charge in [-0.15, -0.1) is 11.3 Å². The zero-order valence-corrected chi connectivity index (χ0v) is 13.9. The van der Waals surface area contributed by atoms with Crippen LogP contribution in [0.25, 0.3) is 10.1 Å². The minimum atomic E-state index is -0.600. The molecule has 118 valence electrons. The molecule has 1 aromatic carbocycles. The Morgan fingerprint density at radius 1 is 1.27 bits per heavy atom. The molecule has 0 fully saturated rings. The molecule has 1 heterocycles. The zero-order chi connectivity index (χ0) is 16.1. The van der Waals surface area contributed by atoms with E-state index in [1.165, 1.54) is 0 Å². The van der Waals surface area contributed by atoms with Crippen molar-refractivity contribution in [3.63, 3.8) is 0 Å². The summed E-state index contributed by atoms with van der Waals surface area (Å²) in [5.41, 5.74) is 0.990. The number of fused-ring (bicyclic) bond motifs is 1. The van der Waals surface area contributed by atoms with Crippen molar-refractivity contribution in [1.82, 2.24) is 5.32 Å². The molecule has 0 saturated carbocycles. The lowest BCUT2D eigenvalue weighted by atomic mass is 10.0. The largest absolute Gasteiger partial charge is 0.464 e. The van der Waals surface area contributed by atoms with Crippen LogP contribution in [0.2, 0.25) is 0 Å². The van der Waals surface area contributed by atoms with E-state index in [1.54, 1.807) is 18.3 Å². The summed E-state index contributed by atoms with van der Waals surface area (Å²) in [5.74, 6) is -0.543. The first-order valence-electron chi connectivity index (χ1n) is 7.44. The Labute approximate surface area is 134 Å². The number of nitrogens with one attached hydrogen (secondary N) is 1. The van der Waals surface area contributed by atoms with E-state index in [0.717, 1.165) is 15.6 Å². The molecule has 5 heteroatoms. The van der Waals surface area contributed by atoms with E-state index in [-0.39, 0.29) is 24.2 Å². The van der Waals surface area contributed by atoms with Gasteiger partial charge in [0.15, 0.2) is 0 Å². The smallest absolute Gasteiger partial charge is 0.328 e. The molecule has 0 radical (unpaired) electrons. The average molecular weight is 319 g/mol. The van der Waals surface area contributed by atoms with Gasteiger partial charge >= 0.3 is 5.97 Å². The number of thiophene rings is 1. The van der Waals surface area contributed by atoms with E-state index < -0.39 is 6.04 Å². The van der Waals surface area contributed by atoms with Gasteiger partial charge in [-0.3, -0.25) is 4.79 Å². The van der Waals surface area contributed by atoms with Gasteiger partial charge in [0.1, 0.15) is 6.04 Å². The molecule has 2 aromatic rings. The predicted octanol–water partition coefficient (Wildman–Crippen LogP) is 3.15. The van der Waals surface area contributed by atoms with Gasteiger partial charge < -0.3 is 10.1 Å². The summed E-state index contributed by atoms with van der Waals surface area (Å²) in [6.07, 6.45) is 0.270. The van der Waals surface area contributed by atoms with Crippen LogP contribution in [0.4, 0.5) is 0 Å². The summed E-state index contributed by atoms with van der Waals surface area (Å²) in [7, 11) is 0. The Balaban J connectivity index is 2.06. The highest BCUT2D eigenvalue weighted by atomic mass is 32.1. The molecule has 0 saturated heterocycles. The van der Waals surface area contributed by atoms with Crippen molar-refractivity contribution in [2.75, 3.05) is 6.61 Å². The Hall–Kier alpha value is -1.88. The summed E-state index contributed by atoms with van der Waals surface area (Å²) in [5, 5.41) is 5.89. The third-order valence-corrected chi connectivity index (χ3v) is 4.45. The maximum atomic E-state index is 12.3. The van der Waals surface area contributed by atoms with E-state index >= 15 is 0 Å². The standard InChI is InChI=1S/C17H21NO3S/c1-4-21-17(20)16(11(2)3)18-15(19)9-12-10-22-14-8-6-5-7-13(12)14/h5-8,10-11,16H,4,9H2,1-3H3,(H,18,19). The maximum absolute atomic E-state index is 12.3. The highest BCUT2D eigenvalue weighted by Gasteiger charge is 2.25. The normalized spacial score (nSPS) is 12.4. The molecule has 1 amide bonds. The van der Waals surface area contributed by atoms with Gasteiger partial charge in [0.25, 0.3) is 0 Å². The lowest BCUT2D eigenvalue weighted by Crippen LogP contribution is -2.45. The minimum absolute atomic E-state index is 0.0118. The number of carbonyl (C=O) groups is 2. The van der Waals surface area contributed by atoms with Crippen LogP contribution in [0.15, 0.2) is 29.6 Å². The number of hydrogen-bond acceptors (Lipinski definition) is 4. The molecular formula is C17H21NO3S. The number of ether oxygens (including phenoxy) is 1. The topological polar surface area (TPSA) is 55.4 Å². The molecule has 4 nitrogen and oxygen atoms in total. The first-order chi connectivity index (χ1) is 10.5. The van der Waals surface area contributed by atoms with Crippen LogP contribution in [-0.4, -0.2) is 24.5 Å². The molecule has 1 aromatic heterocycles. The molecule has 0 spiro atoms. The van der Waals surface area contributed by atoms with Crippen molar-refractivity contribution in [1.29, 1.82) is 0 Å². The van der Waals surface area contributed by atoms with Crippen LogP contribution in [-0.2, 0) is 20.7 Å². The highest BCUT2D eigenvalue weighted by molar-refractivity contribution is 7.17. The first kappa shape index (κ1) is 16.5. The fourth-order valence-electron chi connectivity index (χ4n) is 2.30. The van der Waals surface area contributed by atoms with Crippen molar-refractivity contribution < 1.29 is 14.3 Å². The minimum Gasteiger partial charge on any atom is -0.464 e. The predicted molar refractivity (Wildman–Crippen MR) is 88.9 cm³/mol. The van der Waals surface area contributed by atoms with Gasteiger partial charge in [-0.2, -0.15) is 0 Å². The maximum Gasteiger partial charge on any atom is 0.328 e. The Bertz CT molecular complexity index is 663. The molecular weight excluding hydrogens is 298 g/mol. The van der Waals surface area contributed by atoms with E-state index in [4.69, 9.17) is 4.74 Å². The van der Waals surface area contributed by atoms with Crippen molar-refractivity contribution in [2.45, 2.75) is 33.2 Å². The van der Waals surface area contributed by atoms with Crippen molar-refractivity contribution in [2.24, 2.45) is 5.92 Å². The average Bonchev–Trinajstić information content (AvgIpc) is 2.88. The first-order valence-corrected chi connectivity index (χ1v) is 8.32. The Morgan fingerprint density at radius 3 is 2.68 bits per heavy atom. The molecule has 0 bridgehead atoms. The molecule has 1 unspecified atom stereocenters. The van der Waals surface area contributed by atoms with Gasteiger partial charge in [0.2, 0.25) is 5.91 Å². The number of esters is 1. The van der Waals surface area contributed by atoms with Gasteiger partial charge in [0, 0.05) is 4.70 Å². The Kier molecular flexibility index (Phi) is 5.55. The SMILES string of the molecule is CCOC(=O)C(NC(=O)Cc1csc2ccccc12)C(C)C. The quantitative estimate of drug-likeness (QED) is 0.832. The fourth-order valence-corrected chi connectivity index (χ4v) is 3.26. The number of rotatable bonds is 6. The summed E-state index contributed by atoms with van der Waals surface area (Å²) < 4.78 is 6.18. The van der Waals surface area contributed by atoms with E-state index in [9.17, 15) is 9.59 Å². The van der Waals surface area contributed by atoms with Gasteiger partial charge in [-0.1, -0.05) is 32.0 Å². The fraction of sp³-hybridized carbons (Fsp3) is 0.412. The van der Waals surface area contributed by atoms with Gasteiger partial charge in [0.05, 0.1) is 13.0 Å². The number of hydrogen-bond donors (Lipinski definition) is 1. The molecule has 0 aliphatic heterocycles. The zero-order valence-electron chi connectivity index (χ0n) is 13.1. The third-order valence-electron chi connectivity index (χ3n) is 3.44. The van der Waals surface area contributed by atoms with Crippen molar-refractivity contribution in [3.05, 3.63) is 35.2 Å². The van der Waals surface area contributed by atoms with E-state index in [2.05, 4.69) is 5.32 Å². The summed E-state index contributed by atoms with van der Waals surface area (Å²) in [6.45, 7) is 5.85. The second kappa shape index (κ2) is 7.40. The van der Waals surface area contributed by atoms with Crippen molar-refractivity contribution in [3.8, 4) is 0 Å². The molecule has 1 atom stereocenters. The molecule has 0 aliphatic carbocycles. The molecule has 0 aliphatic rings. The molecule has 1 N–H and O–H groups in total. The summed E-state index contributed by atoms with van der Waals surface area (Å²) >= 11 is 1.62. The van der Waals surface area contributed by atoms with E-state index in [0.29, 0.717) is 6.61 Å². The van der Waals surface area contributed by atoms with Crippen LogP contribution in [0.1, 0.15) is 26.3 Å². The van der Waals surface area contributed by atoms with Crippen molar-refractivity contribution >= 4 is 33.3 Å². The van der Waals surface area contributed by atoms with Crippen LogP contribution < -0.4 is 5.32 Å². The Morgan fingerprint density at radius 2 is 2.00 bits per heavy atom. The molecule has 2 rings (SSSR count).